The van der Waals surface area contributed by atoms with Crippen molar-refractivity contribution in [1.29, 1.82) is 0 Å². The highest BCUT2D eigenvalue weighted by atomic mass is 35.5. The summed E-state index contributed by atoms with van der Waals surface area (Å²) in [5.41, 5.74) is 0.304. The van der Waals surface area contributed by atoms with Crippen LogP contribution in [0.5, 0.6) is 17.2 Å². The van der Waals surface area contributed by atoms with Crippen LogP contribution in [-0.2, 0) is 0 Å². The Labute approximate surface area is 99.1 Å². The summed E-state index contributed by atoms with van der Waals surface area (Å²) in [6.45, 7) is 2.32. The standard InChI is InChI=1S/C11H13ClO4/c1-4-16-10-8(14-2)5-7(11(12)13)6-9(10)15-3/h5-6H,4H2,1-3H3. The lowest BCUT2D eigenvalue weighted by Crippen LogP contribution is -2.01. The highest BCUT2D eigenvalue weighted by Gasteiger charge is 2.16. The molecule has 0 fully saturated rings. The third-order valence-electron chi connectivity index (χ3n) is 1.98. The van der Waals surface area contributed by atoms with Gasteiger partial charge in [-0.2, -0.15) is 0 Å². The third kappa shape index (κ3) is 2.58. The lowest BCUT2D eigenvalue weighted by Gasteiger charge is -2.14. The molecule has 0 aliphatic rings. The van der Waals surface area contributed by atoms with E-state index in [1.54, 1.807) is 0 Å². The number of benzene rings is 1. The van der Waals surface area contributed by atoms with Crippen LogP contribution in [0.2, 0.25) is 0 Å². The molecule has 0 saturated heterocycles. The average molecular weight is 245 g/mol. The molecule has 0 bridgehead atoms. The van der Waals surface area contributed by atoms with Gasteiger partial charge in [0.15, 0.2) is 11.5 Å². The third-order valence-corrected chi connectivity index (χ3v) is 2.19. The molecule has 1 aromatic carbocycles. The highest BCUT2D eigenvalue weighted by molar-refractivity contribution is 6.67. The maximum absolute atomic E-state index is 11.1. The van der Waals surface area contributed by atoms with E-state index >= 15 is 0 Å². The molecule has 0 spiro atoms. The van der Waals surface area contributed by atoms with Crippen LogP contribution in [-0.4, -0.2) is 26.1 Å². The van der Waals surface area contributed by atoms with Gasteiger partial charge in [-0.15, -0.1) is 0 Å². The Morgan fingerprint density at radius 3 is 2.06 bits per heavy atom. The summed E-state index contributed by atoms with van der Waals surface area (Å²) in [6, 6.07) is 3.03. The van der Waals surface area contributed by atoms with Crippen LogP contribution in [0.4, 0.5) is 0 Å². The van der Waals surface area contributed by atoms with Gasteiger partial charge < -0.3 is 14.2 Å². The van der Waals surface area contributed by atoms with Crippen molar-refractivity contribution in [3.05, 3.63) is 17.7 Å². The van der Waals surface area contributed by atoms with E-state index in [0.717, 1.165) is 0 Å². The molecular weight excluding hydrogens is 232 g/mol. The number of carbonyl (C=O) groups excluding carboxylic acids is 1. The van der Waals surface area contributed by atoms with Crippen molar-refractivity contribution in [2.45, 2.75) is 6.92 Å². The highest BCUT2D eigenvalue weighted by Crippen LogP contribution is 2.38. The Morgan fingerprint density at radius 1 is 1.25 bits per heavy atom. The van der Waals surface area contributed by atoms with Crippen LogP contribution >= 0.6 is 11.6 Å². The molecule has 1 rings (SSSR count). The smallest absolute Gasteiger partial charge is 0.252 e. The lowest BCUT2D eigenvalue weighted by atomic mass is 10.2. The first-order valence-corrected chi connectivity index (χ1v) is 5.10. The van der Waals surface area contributed by atoms with Gasteiger partial charge in [0, 0.05) is 5.56 Å². The van der Waals surface area contributed by atoms with Gasteiger partial charge in [-0.1, -0.05) is 0 Å². The molecule has 1 aromatic rings. The molecule has 0 amide bonds. The second kappa shape index (κ2) is 5.61. The van der Waals surface area contributed by atoms with E-state index in [0.29, 0.717) is 29.4 Å². The first kappa shape index (κ1) is 12.6. The predicted molar refractivity (Wildman–Crippen MR) is 60.9 cm³/mol. The fourth-order valence-corrected chi connectivity index (χ4v) is 1.39. The quantitative estimate of drug-likeness (QED) is 0.747. The number of hydrogen-bond donors (Lipinski definition) is 0. The second-order valence-corrected chi connectivity index (χ2v) is 3.26. The molecule has 0 heterocycles. The first-order chi connectivity index (χ1) is 7.63. The molecule has 0 radical (unpaired) electrons. The van der Waals surface area contributed by atoms with Crippen LogP contribution in [0.25, 0.3) is 0 Å². The molecule has 0 aromatic heterocycles. The molecule has 5 heteroatoms. The first-order valence-electron chi connectivity index (χ1n) is 4.72. The molecule has 0 N–H and O–H groups in total. The van der Waals surface area contributed by atoms with Crippen molar-refractivity contribution in [3.8, 4) is 17.2 Å². The second-order valence-electron chi connectivity index (χ2n) is 2.92. The Morgan fingerprint density at radius 2 is 1.75 bits per heavy atom. The van der Waals surface area contributed by atoms with Crippen LogP contribution in [0.3, 0.4) is 0 Å². The predicted octanol–water partition coefficient (Wildman–Crippen LogP) is 2.48. The van der Waals surface area contributed by atoms with Crippen molar-refractivity contribution in [2.75, 3.05) is 20.8 Å². The zero-order chi connectivity index (χ0) is 12.1. The van der Waals surface area contributed by atoms with Crippen LogP contribution in [0.15, 0.2) is 12.1 Å². The minimum absolute atomic E-state index is 0.304. The van der Waals surface area contributed by atoms with E-state index in [4.69, 9.17) is 25.8 Å². The fourth-order valence-electron chi connectivity index (χ4n) is 1.28. The minimum Gasteiger partial charge on any atom is -0.493 e. The normalized spacial score (nSPS) is 9.75. The molecule has 0 aliphatic carbocycles. The van der Waals surface area contributed by atoms with Crippen LogP contribution in [0, 0.1) is 0 Å². The van der Waals surface area contributed by atoms with Crippen molar-refractivity contribution in [3.63, 3.8) is 0 Å². The summed E-state index contributed by atoms with van der Waals surface area (Å²) >= 11 is 5.40. The van der Waals surface area contributed by atoms with Gasteiger partial charge in [0.25, 0.3) is 5.24 Å². The number of rotatable bonds is 5. The zero-order valence-electron chi connectivity index (χ0n) is 9.37. The van der Waals surface area contributed by atoms with E-state index in [9.17, 15) is 4.79 Å². The number of ether oxygens (including phenoxy) is 3. The molecule has 88 valence electrons. The van der Waals surface area contributed by atoms with Crippen molar-refractivity contribution in [1.82, 2.24) is 0 Å². The summed E-state index contributed by atoms with van der Waals surface area (Å²) < 4.78 is 15.6. The fraction of sp³-hybridized carbons (Fsp3) is 0.364. The largest absolute Gasteiger partial charge is 0.493 e. The SMILES string of the molecule is CCOc1c(OC)cc(C(=O)Cl)cc1OC. The lowest BCUT2D eigenvalue weighted by molar-refractivity contribution is 0.108. The Kier molecular flexibility index (Phi) is 4.43. The molecule has 0 unspecified atom stereocenters. The Bertz CT molecular complexity index is 365. The summed E-state index contributed by atoms with van der Waals surface area (Å²) in [5, 5.41) is -0.570. The van der Waals surface area contributed by atoms with Crippen molar-refractivity contribution < 1.29 is 19.0 Å². The van der Waals surface area contributed by atoms with E-state index in [1.165, 1.54) is 26.4 Å². The van der Waals surface area contributed by atoms with Gasteiger partial charge in [0.1, 0.15) is 0 Å². The summed E-state index contributed by atoms with van der Waals surface area (Å²) in [4.78, 5) is 11.1. The molecular formula is C11H13ClO4. The van der Waals surface area contributed by atoms with E-state index in [-0.39, 0.29) is 0 Å². The van der Waals surface area contributed by atoms with Crippen molar-refractivity contribution >= 4 is 16.8 Å². The van der Waals surface area contributed by atoms with Gasteiger partial charge in [-0.25, -0.2) is 0 Å². The summed E-state index contributed by atoms with van der Waals surface area (Å²) in [6.07, 6.45) is 0. The monoisotopic (exact) mass is 244 g/mol. The topological polar surface area (TPSA) is 44.8 Å². The summed E-state index contributed by atoms with van der Waals surface area (Å²) in [5.74, 6) is 1.31. The molecule has 4 nitrogen and oxygen atoms in total. The average Bonchev–Trinajstić information content (AvgIpc) is 2.29. The van der Waals surface area contributed by atoms with Gasteiger partial charge in [-0.05, 0) is 30.7 Å². The van der Waals surface area contributed by atoms with Gasteiger partial charge in [0.05, 0.1) is 20.8 Å². The van der Waals surface area contributed by atoms with E-state index in [1.807, 2.05) is 6.92 Å². The number of hydrogen-bond acceptors (Lipinski definition) is 4. The Hall–Kier alpha value is -1.42. The molecule has 16 heavy (non-hydrogen) atoms. The van der Waals surface area contributed by atoms with E-state index < -0.39 is 5.24 Å². The van der Waals surface area contributed by atoms with Gasteiger partial charge >= 0.3 is 0 Å². The van der Waals surface area contributed by atoms with Crippen molar-refractivity contribution in [2.24, 2.45) is 0 Å². The minimum atomic E-state index is -0.570. The molecule has 0 aliphatic heterocycles. The summed E-state index contributed by atoms with van der Waals surface area (Å²) in [7, 11) is 2.97. The van der Waals surface area contributed by atoms with Crippen LogP contribution < -0.4 is 14.2 Å². The number of carbonyl (C=O) groups is 1. The number of halogens is 1. The van der Waals surface area contributed by atoms with Gasteiger partial charge in [0.2, 0.25) is 5.75 Å². The number of methoxy groups -OCH3 is 2. The van der Waals surface area contributed by atoms with Gasteiger partial charge in [-0.3, -0.25) is 4.79 Å². The Balaban J connectivity index is 3.30. The maximum atomic E-state index is 11.1. The van der Waals surface area contributed by atoms with Crippen LogP contribution in [0.1, 0.15) is 17.3 Å². The maximum Gasteiger partial charge on any atom is 0.252 e. The molecule has 0 saturated carbocycles. The van der Waals surface area contributed by atoms with E-state index in [2.05, 4.69) is 0 Å². The zero-order valence-corrected chi connectivity index (χ0v) is 10.1. The molecule has 0 atom stereocenters.